The lowest BCUT2D eigenvalue weighted by Gasteiger charge is -2.24. The average molecular weight is 247 g/mol. The molecule has 1 unspecified atom stereocenters. The van der Waals surface area contributed by atoms with Crippen molar-refractivity contribution in [3.05, 3.63) is 0 Å². The maximum atomic E-state index is 11.4. The Morgan fingerprint density at radius 3 is 2.35 bits per heavy atom. The molecular weight excluding hydrogens is 222 g/mol. The van der Waals surface area contributed by atoms with Gasteiger partial charge in [-0.05, 0) is 27.7 Å². The van der Waals surface area contributed by atoms with Crippen molar-refractivity contribution in [2.24, 2.45) is 0 Å². The minimum Gasteiger partial charge on any atom is -0.459 e. The third kappa shape index (κ3) is 10.2. The highest BCUT2D eigenvalue weighted by Crippen LogP contribution is 2.08. The number of esters is 1. The van der Waals surface area contributed by atoms with Gasteiger partial charge in [-0.1, -0.05) is 0 Å². The van der Waals surface area contributed by atoms with E-state index in [0.29, 0.717) is 19.6 Å². The van der Waals surface area contributed by atoms with Crippen molar-refractivity contribution in [1.29, 1.82) is 0 Å². The van der Waals surface area contributed by atoms with Gasteiger partial charge in [-0.3, -0.25) is 4.79 Å². The molecule has 0 saturated heterocycles. The van der Waals surface area contributed by atoms with E-state index >= 15 is 0 Å². The van der Waals surface area contributed by atoms with E-state index in [1.807, 2.05) is 20.8 Å². The second kappa shape index (κ2) is 6.93. The molecule has 0 aromatic rings. The highest BCUT2D eigenvalue weighted by molar-refractivity contribution is 5.72. The fourth-order valence-corrected chi connectivity index (χ4v) is 1.22. The number of rotatable bonds is 7. The van der Waals surface area contributed by atoms with Crippen molar-refractivity contribution in [1.82, 2.24) is 5.32 Å². The lowest BCUT2D eigenvalue weighted by molar-refractivity contribution is -0.153. The first-order chi connectivity index (χ1) is 7.66. The summed E-state index contributed by atoms with van der Waals surface area (Å²) in [5.74, 6) is -0.319. The summed E-state index contributed by atoms with van der Waals surface area (Å²) in [4.78, 5) is 11.4. The van der Waals surface area contributed by atoms with E-state index in [1.165, 1.54) is 0 Å². The Bertz CT molecular complexity index is 233. The molecule has 0 saturated carbocycles. The second-order valence-electron chi connectivity index (χ2n) is 5.43. The Morgan fingerprint density at radius 1 is 1.29 bits per heavy atom. The molecule has 0 bridgehead atoms. The number of nitrogens with one attached hydrogen (secondary N) is 1. The Hall–Kier alpha value is -0.650. The van der Waals surface area contributed by atoms with Crippen molar-refractivity contribution in [2.45, 2.75) is 45.3 Å². The molecule has 0 aromatic carbocycles. The van der Waals surface area contributed by atoms with Gasteiger partial charge in [0.2, 0.25) is 0 Å². The second-order valence-corrected chi connectivity index (χ2v) is 5.43. The van der Waals surface area contributed by atoms with E-state index in [9.17, 15) is 9.90 Å². The first kappa shape index (κ1) is 16.4. The molecule has 0 aliphatic heterocycles. The summed E-state index contributed by atoms with van der Waals surface area (Å²) in [5, 5.41) is 12.8. The molecule has 5 nitrogen and oxygen atoms in total. The summed E-state index contributed by atoms with van der Waals surface area (Å²) in [5.41, 5.74) is -1.35. The quantitative estimate of drug-likeness (QED) is 0.648. The molecule has 0 aliphatic rings. The van der Waals surface area contributed by atoms with Crippen molar-refractivity contribution in [3.8, 4) is 0 Å². The van der Waals surface area contributed by atoms with Crippen molar-refractivity contribution < 1.29 is 19.4 Å². The van der Waals surface area contributed by atoms with Gasteiger partial charge in [-0.25, -0.2) is 0 Å². The van der Waals surface area contributed by atoms with Crippen LogP contribution < -0.4 is 5.32 Å². The number of ether oxygens (including phenoxy) is 2. The minimum absolute atomic E-state index is 0.0976. The zero-order chi connectivity index (χ0) is 13.5. The zero-order valence-electron chi connectivity index (χ0n) is 11.5. The van der Waals surface area contributed by atoms with Crippen LogP contribution in [-0.2, 0) is 14.3 Å². The van der Waals surface area contributed by atoms with Crippen LogP contribution in [0.15, 0.2) is 0 Å². The van der Waals surface area contributed by atoms with Crippen molar-refractivity contribution in [2.75, 3.05) is 26.8 Å². The average Bonchev–Trinajstić information content (AvgIpc) is 2.11. The standard InChI is InChI=1S/C12H25NO4/c1-11(2,3)17-10(14)8-13-9-12(4,15)6-7-16-5/h13,15H,6-9H2,1-5H3. The molecule has 0 fully saturated rings. The predicted molar refractivity (Wildman–Crippen MR) is 65.8 cm³/mol. The highest BCUT2D eigenvalue weighted by atomic mass is 16.6. The van der Waals surface area contributed by atoms with Gasteiger partial charge in [0.05, 0.1) is 12.1 Å². The van der Waals surface area contributed by atoms with E-state index in [4.69, 9.17) is 9.47 Å². The molecule has 0 rings (SSSR count). The van der Waals surface area contributed by atoms with Crippen LogP contribution in [0.1, 0.15) is 34.1 Å². The predicted octanol–water partition coefficient (Wildman–Crippen LogP) is 0.705. The van der Waals surface area contributed by atoms with E-state index < -0.39 is 11.2 Å². The van der Waals surface area contributed by atoms with Gasteiger partial charge in [0.25, 0.3) is 0 Å². The molecule has 0 aromatic heterocycles. The summed E-state index contributed by atoms with van der Waals surface area (Å²) < 4.78 is 10.0. The summed E-state index contributed by atoms with van der Waals surface area (Å²) in [6.07, 6.45) is 0.519. The first-order valence-corrected chi connectivity index (χ1v) is 5.80. The molecule has 0 heterocycles. The van der Waals surface area contributed by atoms with Crippen molar-refractivity contribution >= 4 is 5.97 Å². The van der Waals surface area contributed by atoms with Crippen LogP contribution in [0.25, 0.3) is 0 Å². The molecule has 0 spiro atoms. The van der Waals surface area contributed by atoms with E-state index in [0.717, 1.165) is 0 Å². The Labute approximate surface area is 103 Å². The maximum Gasteiger partial charge on any atom is 0.320 e. The van der Waals surface area contributed by atoms with Crippen LogP contribution in [0.3, 0.4) is 0 Å². The number of aliphatic hydroxyl groups is 1. The van der Waals surface area contributed by atoms with Gasteiger partial charge in [-0.15, -0.1) is 0 Å². The Morgan fingerprint density at radius 2 is 1.88 bits per heavy atom. The summed E-state index contributed by atoms with van der Waals surface area (Å²) in [7, 11) is 1.59. The monoisotopic (exact) mass is 247 g/mol. The lowest BCUT2D eigenvalue weighted by Crippen LogP contribution is -2.41. The third-order valence-electron chi connectivity index (χ3n) is 2.04. The molecule has 102 valence electrons. The molecule has 0 amide bonds. The van der Waals surface area contributed by atoms with E-state index in [1.54, 1.807) is 14.0 Å². The molecule has 17 heavy (non-hydrogen) atoms. The lowest BCUT2D eigenvalue weighted by atomic mass is 10.0. The maximum absolute atomic E-state index is 11.4. The van der Waals surface area contributed by atoms with E-state index in [-0.39, 0.29) is 12.5 Å². The fraction of sp³-hybridized carbons (Fsp3) is 0.917. The molecule has 1 atom stereocenters. The smallest absolute Gasteiger partial charge is 0.320 e. The van der Waals surface area contributed by atoms with Crippen molar-refractivity contribution in [3.63, 3.8) is 0 Å². The summed E-state index contributed by atoms with van der Waals surface area (Å²) in [6.45, 7) is 8.07. The Balaban J connectivity index is 3.79. The normalized spacial score (nSPS) is 15.4. The molecule has 0 radical (unpaired) electrons. The first-order valence-electron chi connectivity index (χ1n) is 5.80. The number of hydrogen-bond acceptors (Lipinski definition) is 5. The van der Waals surface area contributed by atoms with Crippen LogP contribution >= 0.6 is 0 Å². The van der Waals surface area contributed by atoms with Gasteiger partial charge in [0.15, 0.2) is 0 Å². The zero-order valence-corrected chi connectivity index (χ0v) is 11.5. The van der Waals surface area contributed by atoms with Gasteiger partial charge in [0, 0.05) is 26.7 Å². The van der Waals surface area contributed by atoms with E-state index in [2.05, 4.69) is 5.32 Å². The summed E-state index contributed by atoms with van der Waals surface area (Å²) >= 11 is 0. The molecule has 2 N–H and O–H groups in total. The molecular formula is C12H25NO4. The van der Waals surface area contributed by atoms with Crippen LogP contribution in [-0.4, -0.2) is 49.1 Å². The topological polar surface area (TPSA) is 67.8 Å². The fourth-order valence-electron chi connectivity index (χ4n) is 1.22. The minimum atomic E-state index is -0.877. The van der Waals surface area contributed by atoms with Crippen LogP contribution in [0.4, 0.5) is 0 Å². The van der Waals surface area contributed by atoms with Gasteiger partial charge in [-0.2, -0.15) is 0 Å². The number of carbonyl (C=O) groups is 1. The molecule has 5 heteroatoms. The van der Waals surface area contributed by atoms with Crippen LogP contribution in [0.2, 0.25) is 0 Å². The Kier molecular flexibility index (Phi) is 6.67. The SMILES string of the molecule is COCCC(C)(O)CNCC(=O)OC(C)(C)C. The van der Waals surface area contributed by atoms with Crippen LogP contribution in [0, 0.1) is 0 Å². The highest BCUT2D eigenvalue weighted by Gasteiger charge is 2.21. The van der Waals surface area contributed by atoms with Gasteiger partial charge in [0.1, 0.15) is 5.60 Å². The van der Waals surface area contributed by atoms with Crippen LogP contribution in [0.5, 0.6) is 0 Å². The largest absolute Gasteiger partial charge is 0.459 e. The number of methoxy groups -OCH3 is 1. The molecule has 0 aliphatic carbocycles. The number of hydrogen-bond donors (Lipinski definition) is 2. The third-order valence-corrected chi connectivity index (χ3v) is 2.04. The van der Waals surface area contributed by atoms with Gasteiger partial charge >= 0.3 is 5.97 Å². The van der Waals surface area contributed by atoms with Gasteiger partial charge < -0.3 is 19.9 Å². The number of carbonyl (C=O) groups excluding carboxylic acids is 1. The summed E-state index contributed by atoms with van der Waals surface area (Å²) in [6, 6.07) is 0.